The van der Waals surface area contributed by atoms with Crippen molar-refractivity contribution in [1.82, 2.24) is 16.0 Å². The van der Waals surface area contributed by atoms with Crippen LogP contribution in [0.5, 0.6) is 0 Å². The molecule has 1 heterocycles. The molecular formula is C15H26N4O3. The van der Waals surface area contributed by atoms with E-state index in [1.165, 1.54) is 6.26 Å². The van der Waals surface area contributed by atoms with Gasteiger partial charge in [0, 0.05) is 39.4 Å². The highest BCUT2D eigenvalue weighted by Gasteiger charge is 2.06. The first-order chi connectivity index (χ1) is 10.8. The van der Waals surface area contributed by atoms with E-state index in [0.29, 0.717) is 25.4 Å². The SMILES string of the molecule is CCNC(=NCCCOCC)NCCNC(=O)c1ccco1. The highest BCUT2D eigenvalue weighted by molar-refractivity contribution is 5.91. The molecule has 124 valence electrons. The van der Waals surface area contributed by atoms with Gasteiger partial charge in [0.25, 0.3) is 5.91 Å². The summed E-state index contributed by atoms with van der Waals surface area (Å²) in [5.41, 5.74) is 0. The molecule has 0 radical (unpaired) electrons. The van der Waals surface area contributed by atoms with Gasteiger partial charge in [0.15, 0.2) is 11.7 Å². The lowest BCUT2D eigenvalue weighted by molar-refractivity contribution is 0.0926. The summed E-state index contributed by atoms with van der Waals surface area (Å²) < 4.78 is 10.3. The van der Waals surface area contributed by atoms with Gasteiger partial charge in [-0.05, 0) is 32.4 Å². The van der Waals surface area contributed by atoms with Crippen molar-refractivity contribution < 1.29 is 13.9 Å². The smallest absolute Gasteiger partial charge is 0.287 e. The van der Waals surface area contributed by atoms with Crippen LogP contribution in [0.1, 0.15) is 30.8 Å². The lowest BCUT2D eigenvalue weighted by Crippen LogP contribution is -2.41. The largest absolute Gasteiger partial charge is 0.459 e. The minimum Gasteiger partial charge on any atom is -0.459 e. The summed E-state index contributed by atoms with van der Waals surface area (Å²) in [6, 6.07) is 3.32. The number of guanidine groups is 1. The number of carbonyl (C=O) groups is 1. The number of nitrogens with one attached hydrogen (secondary N) is 3. The predicted octanol–water partition coefficient (Wildman–Crippen LogP) is 0.991. The van der Waals surface area contributed by atoms with Crippen LogP contribution in [-0.4, -0.2) is 51.3 Å². The number of nitrogens with zero attached hydrogens (tertiary/aromatic N) is 1. The van der Waals surface area contributed by atoms with Gasteiger partial charge in [-0.2, -0.15) is 0 Å². The lowest BCUT2D eigenvalue weighted by Gasteiger charge is -2.11. The number of aliphatic imine (C=N–C) groups is 1. The van der Waals surface area contributed by atoms with E-state index in [1.807, 2.05) is 13.8 Å². The van der Waals surface area contributed by atoms with Crippen molar-refractivity contribution in [2.24, 2.45) is 4.99 Å². The first kappa shape index (κ1) is 18.0. The fourth-order valence-electron chi connectivity index (χ4n) is 1.70. The third-order valence-corrected chi connectivity index (χ3v) is 2.71. The van der Waals surface area contributed by atoms with E-state index in [0.717, 1.165) is 32.1 Å². The van der Waals surface area contributed by atoms with Crippen LogP contribution in [0.3, 0.4) is 0 Å². The van der Waals surface area contributed by atoms with Gasteiger partial charge >= 0.3 is 0 Å². The van der Waals surface area contributed by atoms with Crippen LogP contribution in [-0.2, 0) is 4.74 Å². The zero-order valence-corrected chi connectivity index (χ0v) is 13.4. The molecule has 7 nitrogen and oxygen atoms in total. The number of hydrogen-bond donors (Lipinski definition) is 3. The molecule has 0 bridgehead atoms. The Labute approximate surface area is 131 Å². The lowest BCUT2D eigenvalue weighted by atomic mass is 10.4. The second kappa shape index (κ2) is 11.6. The molecule has 0 aliphatic heterocycles. The molecule has 1 rings (SSSR count). The van der Waals surface area contributed by atoms with Gasteiger partial charge in [0.05, 0.1) is 6.26 Å². The van der Waals surface area contributed by atoms with Gasteiger partial charge in [-0.15, -0.1) is 0 Å². The maximum Gasteiger partial charge on any atom is 0.287 e. The average Bonchev–Trinajstić information content (AvgIpc) is 3.05. The van der Waals surface area contributed by atoms with Gasteiger partial charge in [-0.1, -0.05) is 0 Å². The molecule has 0 unspecified atom stereocenters. The van der Waals surface area contributed by atoms with Gasteiger partial charge in [-0.3, -0.25) is 9.79 Å². The summed E-state index contributed by atoms with van der Waals surface area (Å²) in [4.78, 5) is 16.1. The van der Waals surface area contributed by atoms with Crippen molar-refractivity contribution in [3.05, 3.63) is 24.2 Å². The van der Waals surface area contributed by atoms with Crippen LogP contribution < -0.4 is 16.0 Å². The molecular weight excluding hydrogens is 284 g/mol. The Morgan fingerprint density at radius 2 is 2.09 bits per heavy atom. The first-order valence-corrected chi connectivity index (χ1v) is 7.69. The molecule has 0 aliphatic rings. The van der Waals surface area contributed by atoms with Crippen LogP contribution in [0.4, 0.5) is 0 Å². The second-order valence-electron chi connectivity index (χ2n) is 4.47. The molecule has 0 atom stereocenters. The van der Waals surface area contributed by atoms with Crippen molar-refractivity contribution in [3.63, 3.8) is 0 Å². The van der Waals surface area contributed by atoms with Crippen molar-refractivity contribution in [2.45, 2.75) is 20.3 Å². The number of furan rings is 1. The van der Waals surface area contributed by atoms with E-state index in [2.05, 4.69) is 20.9 Å². The van der Waals surface area contributed by atoms with Gasteiger partial charge in [-0.25, -0.2) is 0 Å². The highest BCUT2D eigenvalue weighted by atomic mass is 16.5. The summed E-state index contributed by atoms with van der Waals surface area (Å²) >= 11 is 0. The van der Waals surface area contributed by atoms with Crippen LogP contribution in [0, 0.1) is 0 Å². The van der Waals surface area contributed by atoms with Crippen molar-refractivity contribution in [2.75, 3.05) is 39.4 Å². The van der Waals surface area contributed by atoms with E-state index in [1.54, 1.807) is 12.1 Å². The first-order valence-electron chi connectivity index (χ1n) is 7.69. The summed E-state index contributed by atoms with van der Waals surface area (Å²) in [5, 5.41) is 9.09. The molecule has 0 aromatic carbocycles. The van der Waals surface area contributed by atoms with Gasteiger partial charge in [0.2, 0.25) is 0 Å². The van der Waals surface area contributed by atoms with Gasteiger partial charge < -0.3 is 25.1 Å². The standard InChI is InChI=1S/C15H26N4O3/c1-3-16-15(18-8-6-11-21-4-2)19-10-9-17-14(20)13-7-5-12-22-13/h5,7,12H,3-4,6,8-11H2,1-2H3,(H,17,20)(H2,16,18,19). The third kappa shape index (κ3) is 7.68. The zero-order chi connectivity index (χ0) is 16.0. The maximum absolute atomic E-state index is 11.7. The average molecular weight is 310 g/mol. The highest BCUT2D eigenvalue weighted by Crippen LogP contribution is 1.98. The molecule has 0 fully saturated rings. The van der Waals surface area contributed by atoms with Crippen LogP contribution >= 0.6 is 0 Å². The molecule has 0 saturated heterocycles. The minimum atomic E-state index is -0.217. The summed E-state index contributed by atoms with van der Waals surface area (Å²) in [6.45, 7) is 8.01. The molecule has 0 spiro atoms. The zero-order valence-electron chi connectivity index (χ0n) is 13.4. The Kier molecular flexibility index (Phi) is 9.52. The molecule has 1 amide bonds. The molecule has 22 heavy (non-hydrogen) atoms. The van der Waals surface area contributed by atoms with E-state index in [-0.39, 0.29) is 5.91 Å². The molecule has 1 aromatic heterocycles. The monoisotopic (exact) mass is 310 g/mol. The molecule has 7 heteroatoms. The maximum atomic E-state index is 11.7. The Balaban J connectivity index is 2.20. The van der Waals surface area contributed by atoms with Gasteiger partial charge in [0.1, 0.15) is 0 Å². The predicted molar refractivity (Wildman–Crippen MR) is 86.1 cm³/mol. The van der Waals surface area contributed by atoms with E-state index in [9.17, 15) is 4.79 Å². The minimum absolute atomic E-state index is 0.217. The van der Waals surface area contributed by atoms with Crippen LogP contribution in [0.15, 0.2) is 27.8 Å². The van der Waals surface area contributed by atoms with Crippen LogP contribution in [0.2, 0.25) is 0 Å². The number of hydrogen-bond acceptors (Lipinski definition) is 4. The number of ether oxygens (including phenoxy) is 1. The second-order valence-corrected chi connectivity index (χ2v) is 4.47. The van der Waals surface area contributed by atoms with Crippen molar-refractivity contribution in [1.29, 1.82) is 0 Å². The fraction of sp³-hybridized carbons (Fsp3) is 0.600. The topological polar surface area (TPSA) is 87.9 Å². The summed E-state index contributed by atoms with van der Waals surface area (Å²) in [7, 11) is 0. The van der Waals surface area contributed by atoms with E-state index < -0.39 is 0 Å². The van der Waals surface area contributed by atoms with E-state index >= 15 is 0 Å². The number of carbonyl (C=O) groups excluding carboxylic acids is 1. The Hall–Kier alpha value is -2.02. The number of rotatable bonds is 10. The number of amides is 1. The Bertz CT molecular complexity index is 432. The van der Waals surface area contributed by atoms with E-state index in [4.69, 9.17) is 9.15 Å². The molecule has 0 saturated carbocycles. The van der Waals surface area contributed by atoms with Crippen molar-refractivity contribution in [3.8, 4) is 0 Å². The fourth-order valence-corrected chi connectivity index (χ4v) is 1.70. The molecule has 0 aliphatic carbocycles. The Morgan fingerprint density at radius 1 is 1.27 bits per heavy atom. The van der Waals surface area contributed by atoms with Crippen molar-refractivity contribution >= 4 is 11.9 Å². The molecule has 3 N–H and O–H groups in total. The normalized spacial score (nSPS) is 11.3. The summed E-state index contributed by atoms with van der Waals surface area (Å²) in [6.07, 6.45) is 2.37. The quantitative estimate of drug-likeness (QED) is 0.341. The summed E-state index contributed by atoms with van der Waals surface area (Å²) in [5.74, 6) is 0.841. The molecule has 1 aromatic rings. The third-order valence-electron chi connectivity index (χ3n) is 2.71. The van der Waals surface area contributed by atoms with Crippen LogP contribution in [0.25, 0.3) is 0 Å². The Morgan fingerprint density at radius 3 is 2.77 bits per heavy atom.